The molecule has 0 amide bonds. The molecule has 0 spiro atoms. The minimum absolute atomic E-state index is 0.389. The van der Waals surface area contributed by atoms with Crippen LogP contribution in [-0.2, 0) is 4.79 Å². The van der Waals surface area contributed by atoms with Gasteiger partial charge in [-0.15, -0.1) is 0 Å². The van der Waals surface area contributed by atoms with E-state index in [1.54, 1.807) is 18.4 Å². The molecule has 5 N–H and O–H groups in total. The maximum atomic E-state index is 11.5. The molecule has 1 aromatic heterocycles. The molecular weight excluding hydrogens is 649 g/mol. The van der Waals surface area contributed by atoms with Crippen LogP contribution in [0.2, 0.25) is 0 Å². The Balaban J connectivity index is 0.00000113. The highest BCUT2D eigenvalue weighted by Gasteiger charge is 2.31. The smallest absolute Gasteiger partial charge is 0.335 e. The van der Waals surface area contributed by atoms with Crippen molar-refractivity contribution in [2.24, 2.45) is 5.92 Å². The normalized spacial score (nSPS) is 14.2. The van der Waals surface area contributed by atoms with Crippen molar-refractivity contribution in [1.82, 2.24) is 20.6 Å². The molecule has 276 valence electrons. The van der Waals surface area contributed by atoms with Gasteiger partial charge in [0.1, 0.15) is 6.33 Å². The van der Waals surface area contributed by atoms with E-state index in [1.807, 2.05) is 34.7 Å². The number of aromatic nitrogens is 2. The molecule has 0 aliphatic heterocycles. The number of carboxylic acid groups (broad SMARTS) is 1. The molecule has 0 aliphatic rings. The van der Waals surface area contributed by atoms with Gasteiger partial charge < -0.3 is 26.4 Å². The summed E-state index contributed by atoms with van der Waals surface area (Å²) in [4.78, 5) is 19.8. The molecule has 0 radical (unpaired) electrons. The Labute approximate surface area is 305 Å². The Hall–Kier alpha value is -3.21. The second-order valence-electron chi connectivity index (χ2n) is 12.5. The van der Waals surface area contributed by atoms with Crippen LogP contribution in [0.15, 0.2) is 77.9 Å². The van der Waals surface area contributed by atoms with Crippen LogP contribution >= 0.6 is 22.7 Å². The molecule has 2 aromatic rings. The number of thiol groups is 1. The first-order chi connectivity index (χ1) is 23.2. The van der Waals surface area contributed by atoms with E-state index in [0.29, 0.717) is 28.5 Å². The van der Waals surface area contributed by atoms with Crippen molar-refractivity contribution < 1.29 is 9.90 Å². The Morgan fingerprint density at radius 2 is 1.73 bits per heavy atom. The lowest BCUT2D eigenvalue weighted by molar-refractivity contribution is -0.132. The van der Waals surface area contributed by atoms with Crippen molar-refractivity contribution in [2.45, 2.75) is 78.7 Å². The number of carbonyl (C=O) groups is 1. The van der Waals surface area contributed by atoms with Crippen molar-refractivity contribution >= 4 is 46.2 Å². The number of rotatable bonds is 18. The molecule has 49 heavy (non-hydrogen) atoms. The summed E-state index contributed by atoms with van der Waals surface area (Å²) in [5, 5.41) is 23.4. The van der Waals surface area contributed by atoms with Crippen LogP contribution in [0.25, 0.3) is 6.08 Å². The van der Waals surface area contributed by atoms with E-state index in [9.17, 15) is 9.90 Å². The van der Waals surface area contributed by atoms with Gasteiger partial charge in [-0.25, -0.2) is 24.8 Å². The van der Waals surface area contributed by atoms with Gasteiger partial charge in [0.25, 0.3) is 0 Å². The number of aliphatic carboxylic acids is 1. The van der Waals surface area contributed by atoms with Gasteiger partial charge in [0, 0.05) is 37.2 Å². The van der Waals surface area contributed by atoms with Crippen LogP contribution < -0.4 is 21.3 Å². The van der Waals surface area contributed by atoms with Gasteiger partial charge in [-0.3, -0.25) is 0 Å². The summed E-state index contributed by atoms with van der Waals surface area (Å²) >= 11 is 3.53. The Kier molecular flexibility index (Phi) is 23.2. The summed E-state index contributed by atoms with van der Waals surface area (Å²) in [5.74, 6) is 1.27. The van der Waals surface area contributed by atoms with Gasteiger partial charge >= 0.3 is 5.97 Å². The third-order valence-corrected chi connectivity index (χ3v) is 13.0. The maximum Gasteiger partial charge on any atom is 0.335 e. The highest BCUT2D eigenvalue weighted by molar-refractivity contribution is 8.33. The molecule has 3 atom stereocenters. The molecule has 0 bridgehead atoms. The highest BCUT2D eigenvalue weighted by atomic mass is 32.3. The lowest BCUT2D eigenvalue weighted by atomic mass is 10.0. The summed E-state index contributed by atoms with van der Waals surface area (Å²) in [6, 6.07) is 10.6. The number of nitrogens with one attached hydrogen (secondary N) is 4. The van der Waals surface area contributed by atoms with Gasteiger partial charge in [0.05, 0.1) is 22.8 Å². The molecule has 2 rings (SSSR count). The van der Waals surface area contributed by atoms with E-state index in [4.69, 9.17) is 0 Å². The second kappa shape index (κ2) is 24.8. The number of benzene rings is 1. The Morgan fingerprint density at radius 3 is 2.27 bits per heavy atom. The molecule has 0 saturated heterocycles. The van der Waals surface area contributed by atoms with E-state index in [2.05, 4.69) is 127 Å². The topological polar surface area (TPSA) is 111 Å². The fourth-order valence-corrected chi connectivity index (χ4v) is 8.18. The molecule has 2 unspecified atom stereocenters. The molecule has 0 fully saturated rings. The summed E-state index contributed by atoms with van der Waals surface area (Å²) in [6.07, 6.45) is 16.3. The van der Waals surface area contributed by atoms with E-state index in [1.165, 1.54) is 30.3 Å². The van der Waals surface area contributed by atoms with Crippen LogP contribution in [0.1, 0.15) is 72.6 Å². The second-order valence-corrected chi connectivity index (χ2v) is 16.8. The molecule has 1 heterocycles. The van der Waals surface area contributed by atoms with Gasteiger partial charge in [-0.05, 0) is 76.9 Å². The number of aryl methyl sites for hydroxylation is 1. The van der Waals surface area contributed by atoms with E-state index < -0.39 is 16.0 Å². The number of carboxylic acids is 1. The number of anilines is 2. The standard InChI is InChI=1S/C28H45NO2S.C10H17N5.CH4S/c1-9-14-27(28(30)31)23(5)19-29-20-26(17-21(3)10-2)32(7,8)24(6)22(4)18-25-15-12-11-13-16-25;1-5-12-8(3)15-10-9(11-4)7(2)13-6-14-10;1-2/h9,11-16,18,21,24,26,29H,10,17,19-20H2,1-8H3,(H,30,31);6,11-12H,3,5H2,1-2,4H3,(H,13,14,15);2H,1H3/b14-9-,22-18+,27-23-;;/t21?,24-,26?;;/m0../s1. The van der Waals surface area contributed by atoms with Gasteiger partial charge in [-0.1, -0.05) is 87.9 Å². The first-order valence-electron chi connectivity index (χ1n) is 17.1. The van der Waals surface area contributed by atoms with Gasteiger partial charge in [0.15, 0.2) is 5.82 Å². The summed E-state index contributed by atoms with van der Waals surface area (Å²) in [7, 11) is 0.893. The molecular formula is C39H66N6O2S2. The van der Waals surface area contributed by atoms with E-state index in [0.717, 1.165) is 41.7 Å². The molecule has 0 aliphatic carbocycles. The summed E-state index contributed by atoms with van der Waals surface area (Å²) in [5.41, 5.74) is 5.74. The van der Waals surface area contributed by atoms with Crippen LogP contribution in [0.5, 0.6) is 0 Å². The van der Waals surface area contributed by atoms with Crippen LogP contribution in [-0.4, -0.2) is 77.0 Å². The fourth-order valence-electron chi connectivity index (χ4n) is 5.21. The van der Waals surface area contributed by atoms with Crippen molar-refractivity contribution in [3.8, 4) is 0 Å². The summed E-state index contributed by atoms with van der Waals surface area (Å²) < 4.78 is 0. The average molecular weight is 715 g/mol. The molecule has 1 aromatic carbocycles. The number of nitrogens with zero attached hydrogens (tertiary/aromatic N) is 2. The highest BCUT2D eigenvalue weighted by Crippen LogP contribution is 2.54. The Morgan fingerprint density at radius 1 is 1.10 bits per heavy atom. The first kappa shape index (κ1) is 45.8. The molecule has 8 nitrogen and oxygen atoms in total. The first-order valence-corrected chi connectivity index (χ1v) is 20.5. The lowest BCUT2D eigenvalue weighted by Gasteiger charge is -2.47. The van der Waals surface area contributed by atoms with Crippen molar-refractivity contribution in [3.63, 3.8) is 0 Å². The van der Waals surface area contributed by atoms with Crippen LogP contribution in [0, 0.1) is 12.8 Å². The Bertz CT molecular complexity index is 1360. The van der Waals surface area contributed by atoms with Gasteiger partial charge in [0.2, 0.25) is 0 Å². The lowest BCUT2D eigenvalue weighted by Crippen LogP contribution is -2.37. The SMILES string of the molecule is C/C=C\C(C(=O)O)=C(/C)CNCC(CC(C)CC)S(C)(C)[C@@H](C)/C(C)=C/c1ccccc1.C=C(NCC)Nc1ncnc(C)c1NC.CS. The van der Waals surface area contributed by atoms with Crippen LogP contribution in [0.3, 0.4) is 0 Å². The van der Waals surface area contributed by atoms with E-state index in [-0.39, 0.29) is 0 Å². The predicted molar refractivity (Wildman–Crippen MR) is 223 cm³/mol. The average Bonchev–Trinajstić information content (AvgIpc) is 3.07. The minimum atomic E-state index is -0.947. The zero-order chi connectivity index (χ0) is 37.6. The summed E-state index contributed by atoms with van der Waals surface area (Å²) in [6.45, 7) is 23.1. The third kappa shape index (κ3) is 16.4. The fraction of sp³-hybridized carbons (Fsp3) is 0.513. The van der Waals surface area contributed by atoms with Crippen molar-refractivity contribution in [3.05, 3.63) is 89.2 Å². The largest absolute Gasteiger partial charge is 0.478 e. The monoisotopic (exact) mass is 714 g/mol. The van der Waals surface area contributed by atoms with E-state index >= 15 is 0 Å². The van der Waals surface area contributed by atoms with Crippen molar-refractivity contribution in [1.29, 1.82) is 0 Å². The maximum absolute atomic E-state index is 11.5. The minimum Gasteiger partial charge on any atom is -0.478 e. The predicted octanol–water partition coefficient (Wildman–Crippen LogP) is 8.78. The third-order valence-electron chi connectivity index (χ3n) is 8.70. The number of hydrogen-bond donors (Lipinski definition) is 6. The molecule has 10 heteroatoms. The van der Waals surface area contributed by atoms with Crippen LogP contribution in [0.4, 0.5) is 11.5 Å². The zero-order valence-electron chi connectivity index (χ0n) is 32.3. The number of allylic oxidation sites excluding steroid dienone is 1. The number of hydrogen-bond acceptors (Lipinski definition) is 8. The molecule has 0 saturated carbocycles. The quantitative estimate of drug-likeness (QED) is 0.0517. The van der Waals surface area contributed by atoms with Gasteiger partial charge in [-0.2, -0.15) is 12.6 Å². The zero-order valence-corrected chi connectivity index (χ0v) is 34.0. The van der Waals surface area contributed by atoms with Crippen molar-refractivity contribution in [2.75, 3.05) is 56.1 Å².